The van der Waals surface area contributed by atoms with Gasteiger partial charge < -0.3 is 10.1 Å². The molecule has 0 aliphatic rings. The maximum atomic E-state index is 13.9. The van der Waals surface area contributed by atoms with E-state index in [1.165, 1.54) is 23.0 Å². The van der Waals surface area contributed by atoms with E-state index in [9.17, 15) is 23.1 Å². The Labute approximate surface area is 306 Å². The van der Waals surface area contributed by atoms with Gasteiger partial charge in [0, 0.05) is 69.7 Å². The zero-order chi connectivity index (χ0) is 35.3. The Morgan fingerprint density at radius 1 is 0.979 bits per heavy atom. The van der Waals surface area contributed by atoms with Crippen molar-refractivity contribution in [1.29, 1.82) is 0 Å². The summed E-state index contributed by atoms with van der Waals surface area (Å²) in [6.07, 6.45) is 2.34. The minimum atomic E-state index is -4.47. The zero-order valence-corrected chi connectivity index (χ0v) is 33.8. The molecule has 3 aromatic heterocycles. The van der Waals surface area contributed by atoms with Crippen LogP contribution in [0.15, 0.2) is 41.6 Å². The van der Waals surface area contributed by atoms with E-state index < -0.39 is 11.7 Å². The van der Waals surface area contributed by atoms with Gasteiger partial charge in [-0.05, 0) is 67.0 Å². The molecule has 9 heteroatoms. The Morgan fingerprint density at radius 3 is 2.10 bits per heavy atom. The first kappa shape index (κ1) is 41.8. The molecule has 0 atom stereocenters. The number of aliphatic hydroxyl groups is 1. The number of allylic oxidation sites excluding steroid dienone is 2. The van der Waals surface area contributed by atoms with E-state index in [4.69, 9.17) is 0 Å². The number of halogens is 3. The van der Waals surface area contributed by atoms with Crippen LogP contribution in [0.4, 0.5) is 13.2 Å². The van der Waals surface area contributed by atoms with Crippen molar-refractivity contribution in [1.82, 2.24) is 4.98 Å². The van der Waals surface area contributed by atoms with E-state index in [1.807, 2.05) is 53.7 Å². The molecule has 265 valence electrons. The fraction of sp³-hybridized carbons (Fsp3) is 0.487. The Bertz CT molecular complexity index is 1680. The van der Waals surface area contributed by atoms with E-state index in [-0.39, 0.29) is 54.3 Å². The zero-order valence-electron chi connectivity index (χ0n) is 29.7. The number of hydrogen-bond donors (Lipinski definition) is 1. The van der Waals surface area contributed by atoms with Crippen molar-refractivity contribution in [2.24, 2.45) is 17.3 Å². The molecule has 0 unspecified atom stereocenters. The summed E-state index contributed by atoms with van der Waals surface area (Å²) >= 11 is 2.99. The maximum Gasteiger partial charge on any atom is 0.418 e. The van der Waals surface area contributed by atoms with Crippen LogP contribution in [0, 0.1) is 44.1 Å². The molecule has 48 heavy (non-hydrogen) atoms. The number of aliphatic hydroxyl groups excluding tert-OH is 1. The first-order valence-corrected chi connectivity index (χ1v) is 18.2. The van der Waals surface area contributed by atoms with Gasteiger partial charge >= 0.3 is 6.18 Å². The number of benzene rings is 1. The number of aromatic nitrogens is 1. The minimum Gasteiger partial charge on any atom is -0.512 e. The predicted octanol–water partition coefficient (Wildman–Crippen LogP) is 12.9. The molecule has 0 aliphatic carbocycles. The molecular weight excluding hydrogens is 828 g/mol. The van der Waals surface area contributed by atoms with Crippen LogP contribution in [0.2, 0.25) is 0 Å². The van der Waals surface area contributed by atoms with Crippen LogP contribution in [-0.2, 0) is 37.5 Å². The number of ketones is 1. The Balaban J connectivity index is 0.000000427. The molecule has 0 fully saturated rings. The monoisotopic (exact) mass is 877 g/mol. The number of rotatable bonds is 10. The number of fused-ring (bicyclic) bond motifs is 1. The second-order valence-electron chi connectivity index (χ2n) is 13.6. The SMILES string of the molecule is CCC(CC)C(=O)/C=C(\O)C(CC)CC.Cc1[c-]c(-c2ncc(C(F)(F)F)c3c(C)c(-c4cc(CC(C)(C)C)cs4)sc23)cc(C)c1.[Ir]. The van der Waals surface area contributed by atoms with Crippen molar-refractivity contribution in [3.8, 4) is 21.0 Å². The molecule has 0 bridgehead atoms. The standard InChI is InChI=1S/C26H25F3NS2.C13H24O2.Ir/c1-14-7-15(2)9-18(8-14)22-24-21(19(12-30-22)26(27,28)29)16(3)23(32-24)20-10-17(13-31-20)11-25(4,5)6;1-5-10(6-2)12(14)9-13(15)11(7-3)8-4;/h7-8,10,12-13H,11H2,1-6H3;9-11,14H,5-8H2,1-4H3;/q-1;;/b;12-9-;. The number of alkyl halides is 3. The topological polar surface area (TPSA) is 50.2 Å². The van der Waals surface area contributed by atoms with Crippen molar-refractivity contribution in [2.75, 3.05) is 0 Å². The van der Waals surface area contributed by atoms with Crippen LogP contribution < -0.4 is 0 Å². The number of carbonyl (C=O) groups is 1. The van der Waals surface area contributed by atoms with Gasteiger partial charge in [-0.15, -0.1) is 57.6 Å². The summed E-state index contributed by atoms with van der Waals surface area (Å²) in [5.41, 5.74) is 4.61. The molecule has 0 spiro atoms. The van der Waals surface area contributed by atoms with Gasteiger partial charge in [-0.25, -0.2) is 0 Å². The number of carbonyl (C=O) groups excluding carboxylic acids is 1. The number of pyridine rings is 1. The van der Waals surface area contributed by atoms with E-state index in [0.717, 1.165) is 64.7 Å². The molecule has 0 saturated heterocycles. The molecule has 0 aliphatic heterocycles. The van der Waals surface area contributed by atoms with Gasteiger partial charge in [-0.1, -0.05) is 62.3 Å². The van der Waals surface area contributed by atoms with E-state index in [0.29, 0.717) is 16.0 Å². The number of hydrogen-bond acceptors (Lipinski definition) is 5. The molecule has 0 saturated carbocycles. The average molecular weight is 877 g/mol. The molecule has 1 aromatic carbocycles. The van der Waals surface area contributed by atoms with Crippen LogP contribution >= 0.6 is 22.7 Å². The summed E-state index contributed by atoms with van der Waals surface area (Å²) in [7, 11) is 0. The molecule has 3 nitrogen and oxygen atoms in total. The smallest absolute Gasteiger partial charge is 0.418 e. The van der Waals surface area contributed by atoms with E-state index in [2.05, 4.69) is 43.3 Å². The van der Waals surface area contributed by atoms with Crippen molar-refractivity contribution in [3.63, 3.8) is 0 Å². The third kappa shape index (κ3) is 10.6. The first-order chi connectivity index (χ1) is 21.9. The molecule has 1 radical (unpaired) electrons. The van der Waals surface area contributed by atoms with Gasteiger partial charge in [0.1, 0.15) is 0 Å². The second kappa shape index (κ2) is 17.6. The number of aryl methyl sites for hydroxylation is 3. The van der Waals surface area contributed by atoms with Crippen LogP contribution in [0.1, 0.15) is 102 Å². The average Bonchev–Trinajstić information content (AvgIpc) is 3.56. The van der Waals surface area contributed by atoms with Crippen LogP contribution in [0.25, 0.3) is 31.1 Å². The third-order valence-electron chi connectivity index (χ3n) is 8.36. The third-order valence-corrected chi connectivity index (χ3v) is 10.8. The van der Waals surface area contributed by atoms with E-state index in [1.54, 1.807) is 18.3 Å². The Hall–Kier alpha value is -2.32. The van der Waals surface area contributed by atoms with Gasteiger partial charge in [0.15, 0.2) is 5.78 Å². The van der Waals surface area contributed by atoms with Gasteiger partial charge in [0.25, 0.3) is 0 Å². The summed E-state index contributed by atoms with van der Waals surface area (Å²) in [6, 6.07) is 9.33. The molecule has 1 N–H and O–H groups in total. The minimum absolute atomic E-state index is 0. The van der Waals surface area contributed by atoms with Crippen molar-refractivity contribution >= 4 is 38.5 Å². The maximum absolute atomic E-state index is 13.9. The predicted molar refractivity (Wildman–Crippen MR) is 193 cm³/mol. The molecule has 4 rings (SSSR count). The molecule has 3 heterocycles. The van der Waals surface area contributed by atoms with Crippen LogP contribution in [0.5, 0.6) is 0 Å². The van der Waals surface area contributed by atoms with Crippen molar-refractivity contribution in [2.45, 2.75) is 108 Å². The molecular formula is C39H49F3IrNO2S2-. The van der Waals surface area contributed by atoms with E-state index >= 15 is 0 Å². The number of thiophene rings is 2. The fourth-order valence-electron chi connectivity index (χ4n) is 5.90. The largest absolute Gasteiger partial charge is 0.512 e. The summed E-state index contributed by atoms with van der Waals surface area (Å²) in [5, 5.41) is 12.1. The summed E-state index contributed by atoms with van der Waals surface area (Å²) in [6.45, 7) is 20.3. The fourth-order valence-corrected chi connectivity index (χ4v) is 8.32. The van der Waals surface area contributed by atoms with Crippen LogP contribution in [0.3, 0.4) is 0 Å². The summed E-state index contributed by atoms with van der Waals surface area (Å²) in [5.74, 6) is 0.547. The van der Waals surface area contributed by atoms with Crippen molar-refractivity contribution < 1.29 is 43.2 Å². The quantitative estimate of drug-likeness (QED) is 0.0981. The molecule has 4 aromatic rings. The van der Waals surface area contributed by atoms with Crippen LogP contribution in [-0.4, -0.2) is 15.9 Å². The number of nitrogens with zero attached hydrogens (tertiary/aromatic N) is 1. The molecule has 0 amide bonds. The summed E-state index contributed by atoms with van der Waals surface area (Å²) < 4.78 is 42.3. The van der Waals surface area contributed by atoms with Gasteiger partial charge in [-0.2, -0.15) is 13.2 Å². The second-order valence-corrected chi connectivity index (χ2v) is 15.5. The Kier molecular flexibility index (Phi) is 15.3. The van der Waals surface area contributed by atoms with Gasteiger partial charge in [-0.3, -0.25) is 4.79 Å². The normalized spacial score (nSPS) is 12.4. The Morgan fingerprint density at radius 2 is 1.58 bits per heavy atom. The first-order valence-electron chi connectivity index (χ1n) is 16.5. The summed E-state index contributed by atoms with van der Waals surface area (Å²) in [4.78, 5) is 17.9. The van der Waals surface area contributed by atoms with Gasteiger partial charge in [0.2, 0.25) is 0 Å². The van der Waals surface area contributed by atoms with Crippen molar-refractivity contribution in [3.05, 3.63) is 75.5 Å². The van der Waals surface area contributed by atoms with Gasteiger partial charge in [0.05, 0.1) is 11.3 Å².